The van der Waals surface area contributed by atoms with Crippen molar-refractivity contribution in [3.63, 3.8) is 0 Å². The normalized spacial score (nSPS) is 23.2. The summed E-state index contributed by atoms with van der Waals surface area (Å²) in [6.07, 6.45) is -3.92. The average molecular weight is 447 g/mol. The van der Waals surface area contributed by atoms with Crippen molar-refractivity contribution in [1.29, 1.82) is 0 Å². The van der Waals surface area contributed by atoms with Crippen LogP contribution < -0.4 is 21.5 Å². The van der Waals surface area contributed by atoms with Gasteiger partial charge >= 0.3 is 0 Å². The average Bonchev–Trinajstić information content (AvgIpc) is 3.26. The van der Waals surface area contributed by atoms with Gasteiger partial charge in [0.2, 0.25) is 11.9 Å². The molecule has 0 amide bonds. The second-order valence-corrected chi connectivity index (χ2v) is 6.93. The van der Waals surface area contributed by atoms with Gasteiger partial charge in [-0.2, -0.15) is 10.1 Å². The molecule has 1 fully saturated rings. The molecule has 0 saturated carbocycles. The van der Waals surface area contributed by atoms with Gasteiger partial charge in [0.1, 0.15) is 18.3 Å². The third kappa shape index (κ3) is 3.60. The van der Waals surface area contributed by atoms with Crippen LogP contribution in [0.4, 0.5) is 11.9 Å². The minimum absolute atomic E-state index is 0.0389. The summed E-state index contributed by atoms with van der Waals surface area (Å²) < 4.78 is 11.8. The summed E-state index contributed by atoms with van der Waals surface area (Å²) in [5.74, 6) is -0.161. The molecule has 8 N–H and O–H groups in total. The van der Waals surface area contributed by atoms with Crippen molar-refractivity contribution in [2.24, 2.45) is 5.10 Å². The molecule has 2 aromatic heterocycles. The van der Waals surface area contributed by atoms with E-state index in [9.17, 15) is 25.2 Å². The lowest BCUT2D eigenvalue weighted by Gasteiger charge is -2.18. The van der Waals surface area contributed by atoms with Crippen LogP contribution in [0, 0.1) is 0 Å². The molecule has 1 aromatic carbocycles. The minimum atomic E-state index is -1.47. The van der Waals surface area contributed by atoms with Crippen molar-refractivity contribution >= 4 is 29.3 Å². The van der Waals surface area contributed by atoms with Crippen LogP contribution in [0.2, 0.25) is 0 Å². The Kier molecular flexibility index (Phi) is 5.67. The number of para-hydroxylation sites is 1. The molecule has 0 radical (unpaired) electrons. The fourth-order valence-electron chi connectivity index (χ4n) is 3.38. The summed E-state index contributed by atoms with van der Waals surface area (Å²) in [5.41, 5.74) is 7.77. The van der Waals surface area contributed by atoms with Crippen LogP contribution in [-0.2, 0) is 4.74 Å². The first-order chi connectivity index (χ1) is 15.3. The number of ether oxygens (including phenoxy) is 2. The number of fused-ring (bicyclic) bond motifs is 1. The summed E-state index contributed by atoms with van der Waals surface area (Å²) >= 11 is 0. The number of anilines is 2. The highest BCUT2D eigenvalue weighted by Crippen LogP contribution is 2.34. The second-order valence-electron chi connectivity index (χ2n) is 6.93. The molecule has 1 saturated heterocycles. The maximum Gasteiger partial charge on any atom is 0.280 e. The number of aromatic nitrogens is 4. The topological polar surface area (TPSA) is 213 Å². The SMILES string of the molecule is COc1cccc(/C=N\Nc2nc3c(=O)[nH]c(N)nc3n2[C@@H]2O[C@H](CO)[C@H](O)[C@H]2O)c1O. The van der Waals surface area contributed by atoms with Gasteiger partial charge in [-0.25, -0.2) is 10.4 Å². The number of phenols is 1. The third-order valence-electron chi connectivity index (χ3n) is 4.96. The summed E-state index contributed by atoms with van der Waals surface area (Å²) in [4.78, 5) is 22.8. The molecule has 14 heteroatoms. The number of nitrogen functional groups attached to an aromatic ring is 1. The zero-order valence-electron chi connectivity index (χ0n) is 16.7. The first-order valence-corrected chi connectivity index (χ1v) is 9.41. The van der Waals surface area contributed by atoms with E-state index in [0.29, 0.717) is 5.56 Å². The summed E-state index contributed by atoms with van der Waals surface area (Å²) in [6.45, 7) is -0.548. The predicted octanol–water partition coefficient (Wildman–Crippen LogP) is -1.53. The van der Waals surface area contributed by atoms with Crippen molar-refractivity contribution in [2.75, 3.05) is 24.9 Å². The van der Waals surface area contributed by atoms with Crippen LogP contribution in [0.5, 0.6) is 11.5 Å². The summed E-state index contributed by atoms with van der Waals surface area (Å²) in [5, 5.41) is 44.2. The molecule has 3 heterocycles. The summed E-state index contributed by atoms with van der Waals surface area (Å²) in [6, 6.07) is 4.81. The van der Waals surface area contributed by atoms with E-state index in [4.69, 9.17) is 15.2 Å². The fourth-order valence-corrected chi connectivity index (χ4v) is 3.38. The molecule has 0 aliphatic carbocycles. The number of rotatable bonds is 6. The molecule has 14 nitrogen and oxygen atoms in total. The monoisotopic (exact) mass is 447 g/mol. The molecule has 1 aliphatic heterocycles. The van der Waals surface area contributed by atoms with Gasteiger partial charge in [-0.15, -0.1) is 0 Å². The van der Waals surface area contributed by atoms with E-state index in [0.717, 1.165) is 0 Å². The van der Waals surface area contributed by atoms with Gasteiger partial charge < -0.3 is 35.6 Å². The molecule has 0 spiro atoms. The summed E-state index contributed by atoms with van der Waals surface area (Å²) in [7, 11) is 1.41. The number of phenolic OH excluding ortho intramolecular Hbond substituents is 1. The number of aliphatic hydroxyl groups is 3. The number of hydrogen-bond acceptors (Lipinski definition) is 12. The van der Waals surface area contributed by atoms with Gasteiger partial charge in [0.15, 0.2) is 28.9 Å². The molecule has 170 valence electrons. The first-order valence-electron chi connectivity index (χ1n) is 9.41. The van der Waals surface area contributed by atoms with E-state index in [1.807, 2.05) is 0 Å². The molecule has 3 aromatic rings. The van der Waals surface area contributed by atoms with Crippen molar-refractivity contribution in [3.05, 3.63) is 34.1 Å². The van der Waals surface area contributed by atoms with Gasteiger partial charge in [0.05, 0.1) is 19.9 Å². The van der Waals surface area contributed by atoms with Crippen LogP contribution in [0.1, 0.15) is 11.8 Å². The van der Waals surface area contributed by atoms with E-state index in [1.165, 1.54) is 17.9 Å². The minimum Gasteiger partial charge on any atom is -0.504 e. The highest BCUT2D eigenvalue weighted by atomic mass is 16.6. The van der Waals surface area contributed by atoms with Crippen LogP contribution in [0.25, 0.3) is 11.2 Å². The fraction of sp³-hybridized carbons (Fsp3) is 0.333. The lowest BCUT2D eigenvalue weighted by Crippen LogP contribution is -2.33. The zero-order valence-corrected chi connectivity index (χ0v) is 16.7. The number of aromatic amines is 1. The first kappa shape index (κ1) is 21.5. The molecular weight excluding hydrogens is 426 g/mol. The Morgan fingerprint density at radius 1 is 1.38 bits per heavy atom. The Balaban J connectivity index is 1.76. The number of nitrogens with one attached hydrogen (secondary N) is 2. The number of hydrogen-bond donors (Lipinski definition) is 7. The van der Waals surface area contributed by atoms with E-state index in [2.05, 4.69) is 25.5 Å². The van der Waals surface area contributed by atoms with Crippen LogP contribution in [0.15, 0.2) is 28.1 Å². The maximum atomic E-state index is 12.3. The van der Waals surface area contributed by atoms with Gasteiger partial charge in [0, 0.05) is 5.56 Å². The van der Waals surface area contributed by atoms with Crippen LogP contribution in [0.3, 0.4) is 0 Å². The predicted molar refractivity (Wildman–Crippen MR) is 111 cm³/mol. The number of imidazole rings is 1. The Morgan fingerprint density at radius 2 is 2.16 bits per heavy atom. The lowest BCUT2D eigenvalue weighted by atomic mass is 10.1. The maximum absolute atomic E-state index is 12.3. The van der Waals surface area contributed by atoms with Gasteiger partial charge in [0.25, 0.3) is 5.56 Å². The Morgan fingerprint density at radius 3 is 2.84 bits per heavy atom. The molecule has 0 bridgehead atoms. The number of benzene rings is 1. The molecular formula is C18H21N7O7. The molecule has 0 unspecified atom stereocenters. The number of H-pyrrole nitrogens is 1. The Labute approximate surface area is 179 Å². The van der Waals surface area contributed by atoms with Gasteiger partial charge in [-0.3, -0.25) is 14.3 Å². The second kappa shape index (κ2) is 8.43. The van der Waals surface area contributed by atoms with E-state index >= 15 is 0 Å². The zero-order chi connectivity index (χ0) is 23.0. The Hall–Kier alpha value is -3.72. The van der Waals surface area contributed by atoms with E-state index in [-0.39, 0.29) is 34.6 Å². The van der Waals surface area contributed by atoms with E-state index < -0.39 is 36.7 Å². The van der Waals surface area contributed by atoms with Crippen molar-refractivity contribution in [1.82, 2.24) is 19.5 Å². The number of aliphatic hydroxyl groups excluding tert-OH is 3. The lowest BCUT2D eigenvalue weighted by molar-refractivity contribution is -0.0501. The van der Waals surface area contributed by atoms with Crippen molar-refractivity contribution < 1.29 is 29.9 Å². The number of aromatic hydroxyl groups is 1. The molecule has 1 aliphatic rings. The highest BCUT2D eigenvalue weighted by Gasteiger charge is 2.45. The largest absolute Gasteiger partial charge is 0.504 e. The molecule has 32 heavy (non-hydrogen) atoms. The van der Waals surface area contributed by atoms with E-state index in [1.54, 1.807) is 18.2 Å². The quantitative estimate of drug-likeness (QED) is 0.170. The van der Waals surface area contributed by atoms with Gasteiger partial charge in [-0.1, -0.05) is 6.07 Å². The van der Waals surface area contributed by atoms with Crippen LogP contribution in [-0.4, -0.2) is 78.2 Å². The Bertz CT molecular complexity index is 1220. The molecule has 4 atom stereocenters. The smallest absolute Gasteiger partial charge is 0.280 e. The van der Waals surface area contributed by atoms with Gasteiger partial charge in [-0.05, 0) is 12.1 Å². The highest BCUT2D eigenvalue weighted by molar-refractivity contribution is 5.85. The number of methoxy groups -OCH3 is 1. The van der Waals surface area contributed by atoms with Crippen molar-refractivity contribution in [2.45, 2.75) is 24.5 Å². The number of nitrogens with two attached hydrogens (primary N) is 1. The standard InChI is InChI=1S/C18H21N7O7/c1-31-8-4-2-3-7(11(8)27)5-20-24-18-21-10-14(22-17(19)23-15(10)30)25(18)16-13(29)12(28)9(6-26)32-16/h2-5,9,12-13,16,26-29H,6H2,1H3,(H,21,24)(H3,19,22,23,30)/b20-5-/t9-,12+,13-,16-/m1/s1. The number of nitrogens with zero attached hydrogens (tertiary/aromatic N) is 4. The number of hydrazone groups is 1. The van der Waals surface area contributed by atoms with Crippen molar-refractivity contribution in [3.8, 4) is 11.5 Å². The third-order valence-corrected chi connectivity index (χ3v) is 4.96. The van der Waals surface area contributed by atoms with Crippen LogP contribution >= 0.6 is 0 Å². The molecule has 4 rings (SSSR count).